The predicted octanol–water partition coefficient (Wildman–Crippen LogP) is 1.43. The normalized spacial score (nSPS) is 18.5. The Labute approximate surface area is 151 Å². The van der Waals surface area contributed by atoms with Crippen molar-refractivity contribution in [2.24, 2.45) is 0 Å². The molecular weight excluding hydrogens is 334 g/mol. The predicted molar refractivity (Wildman–Crippen MR) is 101 cm³/mol. The van der Waals surface area contributed by atoms with Gasteiger partial charge in [-0.3, -0.25) is 14.6 Å². The minimum atomic E-state index is 0.216. The number of rotatable bonds is 4. The van der Waals surface area contributed by atoms with Crippen LogP contribution in [0.15, 0.2) is 30.5 Å². The van der Waals surface area contributed by atoms with Crippen molar-refractivity contribution in [2.75, 3.05) is 49.9 Å². The van der Waals surface area contributed by atoms with Crippen LogP contribution in [0.3, 0.4) is 0 Å². The van der Waals surface area contributed by atoms with Crippen LogP contribution < -0.4 is 10.6 Å². The highest BCUT2D eigenvalue weighted by atomic mass is 32.1. The third-order valence-corrected chi connectivity index (χ3v) is 5.77. The number of carbonyl (C=O) groups excluding carboxylic acids is 1. The van der Waals surface area contributed by atoms with E-state index in [2.05, 4.69) is 26.9 Å². The number of benzene rings is 1. The lowest BCUT2D eigenvalue weighted by molar-refractivity contribution is -0.120. The van der Waals surface area contributed by atoms with Crippen LogP contribution in [0.2, 0.25) is 0 Å². The molecule has 25 heavy (non-hydrogen) atoms. The third-order valence-electron chi connectivity index (χ3n) is 4.96. The van der Waals surface area contributed by atoms with Crippen molar-refractivity contribution >= 4 is 28.1 Å². The van der Waals surface area contributed by atoms with E-state index in [-0.39, 0.29) is 5.91 Å². The Morgan fingerprint density at radius 2 is 1.88 bits per heavy atom. The number of fused-ring (bicyclic) bond motifs is 1. The molecule has 3 heterocycles. The highest BCUT2D eigenvalue weighted by Gasteiger charge is 2.26. The second-order valence-corrected chi connectivity index (χ2v) is 7.79. The van der Waals surface area contributed by atoms with Crippen molar-refractivity contribution in [3.8, 4) is 0 Å². The first-order valence-electron chi connectivity index (χ1n) is 8.72. The summed E-state index contributed by atoms with van der Waals surface area (Å²) >= 11 is 1.55. The second kappa shape index (κ2) is 7.11. The summed E-state index contributed by atoms with van der Waals surface area (Å²) in [7, 11) is 0. The van der Waals surface area contributed by atoms with Crippen molar-refractivity contribution in [3.05, 3.63) is 40.9 Å². The van der Waals surface area contributed by atoms with E-state index in [0.717, 1.165) is 51.4 Å². The summed E-state index contributed by atoms with van der Waals surface area (Å²) in [5, 5.41) is 0.630. The zero-order valence-corrected chi connectivity index (χ0v) is 15.0. The Kier molecular flexibility index (Phi) is 4.70. The third kappa shape index (κ3) is 3.68. The molecule has 7 heteroatoms. The van der Waals surface area contributed by atoms with Gasteiger partial charge < -0.3 is 10.6 Å². The maximum atomic E-state index is 12.7. The van der Waals surface area contributed by atoms with Crippen molar-refractivity contribution in [2.45, 2.75) is 13.0 Å². The van der Waals surface area contributed by atoms with Crippen LogP contribution in [0, 0.1) is 0 Å². The summed E-state index contributed by atoms with van der Waals surface area (Å²) in [6, 6.07) is 8.23. The van der Waals surface area contributed by atoms with Gasteiger partial charge in [0.15, 0.2) is 5.13 Å². The van der Waals surface area contributed by atoms with Gasteiger partial charge in [-0.05, 0) is 18.1 Å². The molecule has 6 nitrogen and oxygen atoms in total. The van der Waals surface area contributed by atoms with Gasteiger partial charge in [-0.1, -0.05) is 18.2 Å². The Bertz CT molecular complexity index is 753. The summed E-state index contributed by atoms with van der Waals surface area (Å²) in [6.07, 6.45) is 2.83. The minimum absolute atomic E-state index is 0.216. The van der Waals surface area contributed by atoms with E-state index in [9.17, 15) is 4.79 Å². The molecule has 1 fully saturated rings. The second-order valence-electron chi connectivity index (χ2n) is 6.64. The Hall–Kier alpha value is -1.96. The molecule has 2 aliphatic rings. The number of thiazole rings is 1. The number of para-hydroxylation sites is 1. The van der Waals surface area contributed by atoms with Crippen molar-refractivity contribution in [1.82, 2.24) is 14.8 Å². The topological polar surface area (TPSA) is 65.7 Å². The maximum Gasteiger partial charge on any atom is 0.241 e. The number of nitrogen functional groups attached to an aromatic ring is 1. The number of hydrogen-bond acceptors (Lipinski definition) is 6. The van der Waals surface area contributed by atoms with E-state index in [1.807, 2.05) is 23.2 Å². The molecule has 0 unspecified atom stereocenters. The van der Waals surface area contributed by atoms with E-state index in [1.54, 1.807) is 11.3 Å². The maximum absolute atomic E-state index is 12.7. The standard InChI is InChI=1S/C18H23N5OS/c19-18-20-11-15(25-18)12-21-7-9-22(10-8-21)13-17(24)23-6-5-14-3-1-2-4-16(14)23/h1-4,11H,5-10,12-13H2,(H2,19,20). The Morgan fingerprint density at radius 1 is 1.12 bits per heavy atom. The number of carbonyl (C=O) groups is 1. The molecule has 0 saturated carbocycles. The lowest BCUT2D eigenvalue weighted by Gasteiger charge is -2.34. The average molecular weight is 357 g/mol. The molecule has 0 atom stereocenters. The molecule has 1 aromatic heterocycles. The minimum Gasteiger partial charge on any atom is -0.375 e. The summed E-state index contributed by atoms with van der Waals surface area (Å²) in [5.74, 6) is 0.216. The Balaban J connectivity index is 1.28. The number of hydrogen-bond donors (Lipinski definition) is 1. The van der Waals surface area contributed by atoms with E-state index < -0.39 is 0 Å². The lowest BCUT2D eigenvalue weighted by atomic mass is 10.2. The van der Waals surface area contributed by atoms with Crippen molar-refractivity contribution in [1.29, 1.82) is 0 Å². The van der Waals surface area contributed by atoms with Crippen molar-refractivity contribution in [3.63, 3.8) is 0 Å². The van der Waals surface area contributed by atoms with Crippen molar-refractivity contribution < 1.29 is 4.79 Å². The molecule has 1 amide bonds. The van der Waals surface area contributed by atoms with Gasteiger partial charge in [0.05, 0.1) is 6.54 Å². The van der Waals surface area contributed by atoms with Gasteiger partial charge in [-0.2, -0.15) is 0 Å². The fourth-order valence-corrected chi connectivity index (χ4v) is 4.32. The zero-order valence-electron chi connectivity index (χ0n) is 14.2. The molecule has 0 bridgehead atoms. The van der Waals surface area contributed by atoms with Gasteiger partial charge >= 0.3 is 0 Å². The molecule has 1 aromatic carbocycles. The molecule has 0 spiro atoms. The number of anilines is 2. The first kappa shape index (κ1) is 16.5. The van der Waals surface area contributed by atoms with Gasteiger partial charge in [0.2, 0.25) is 5.91 Å². The summed E-state index contributed by atoms with van der Waals surface area (Å²) < 4.78 is 0. The first-order valence-corrected chi connectivity index (χ1v) is 9.54. The molecule has 1 saturated heterocycles. The molecular formula is C18H23N5OS. The average Bonchev–Trinajstić information content (AvgIpc) is 3.23. The molecule has 4 rings (SSSR count). The number of nitrogens with two attached hydrogens (primary N) is 1. The quantitative estimate of drug-likeness (QED) is 0.897. The number of amides is 1. The van der Waals surface area contributed by atoms with E-state index in [0.29, 0.717) is 11.7 Å². The van der Waals surface area contributed by atoms with Gasteiger partial charge in [0.1, 0.15) is 0 Å². The summed E-state index contributed by atoms with van der Waals surface area (Å²) in [5.41, 5.74) is 8.07. The SMILES string of the molecule is Nc1ncc(CN2CCN(CC(=O)N3CCc4ccccc43)CC2)s1. The molecule has 2 aromatic rings. The molecule has 2 aliphatic heterocycles. The molecule has 0 aliphatic carbocycles. The van der Waals surface area contributed by atoms with Gasteiger partial charge in [-0.15, -0.1) is 11.3 Å². The van der Waals surface area contributed by atoms with E-state index in [4.69, 9.17) is 5.73 Å². The van der Waals surface area contributed by atoms with Crippen LogP contribution in [-0.2, 0) is 17.8 Å². The van der Waals surface area contributed by atoms with Crippen LogP contribution in [0.4, 0.5) is 10.8 Å². The summed E-state index contributed by atoms with van der Waals surface area (Å²) in [6.45, 7) is 6.02. The van der Waals surface area contributed by atoms with E-state index in [1.165, 1.54) is 10.4 Å². The highest BCUT2D eigenvalue weighted by molar-refractivity contribution is 7.15. The first-order chi connectivity index (χ1) is 12.2. The fraction of sp³-hybridized carbons (Fsp3) is 0.444. The molecule has 132 valence electrons. The van der Waals surface area contributed by atoms with Crippen LogP contribution in [-0.4, -0.2) is 60.0 Å². The van der Waals surface area contributed by atoms with E-state index >= 15 is 0 Å². The van der Waals surface area contributed by atoms with Crippen LogP contribution in [0.5, 0.6) is 0 Å². The number of piperazine rings is 1. The number of nitrogens with zero attached hydrogens (tertiary/aromatic N) is 4. The lowest BCUT2D eigenvalue weighted by Crippen LogP contribution is -2.49. The Morgan fingerprint density at radius 3 is 2.64 bits per heavy atom. The highest BCUT2D eigenvalue weighted by Crippen LogP contribution is 2.27. The fourth-order valence-electron chi connectivity index (χ4n) is 3.60. The van der Waals surface area contributed by atoms with Crippen LogP contribution in [0.1, 0.15) is 10.4 Å². The molecule has 2 N–H and O–H groups in total. The van der Waals surface area contributed by atoms with Gasteiger partial charge in [0, 0.05) is 56.0 Å². The monoisotopic (exact) mass is 357 g/mol. The zero-order chi connectivity index (χ0) is 17.2. The van der Waals surface area contributed by atoms with Gasteiger partial charge in [0.25, 0.3) is 0 Å². The van der Waals surface area contributed by atoms with Crippen LogP contribution in [0.25, 0.3) is 0 Å². The largest absolute Gasteiger partial charge is 0.375 e. The summed E-state index contributed by atoms with van der Waals surface area (Å²) in [4.78, 5) is 24.6. The van der Waals surface area contributed by atoms with Gasteiger partial charge in [-0.25, -0.2) is 4.98 Å². The molecule has 0 radical (unpaired) electrons. The van der Waals surface area contributed by atoms with Crippen LogP contribution >= 0.6 is 11.3 Å². The number of aromatic nitrogens is 1. The smallest absolute Gasteiger partial charge is 0.241 e.